The van der Waals surface area contributed by atoms with Crippen molar-refractivity contribution in [3.63, 3.8) is 0 Å². The Hall–Kier alpha value is -3.41. The first-order valence-corrected chi connectivity index (χ1v) is 10.6. The number of nitrogens with one attached hydrogen (secondary N) is 1. The Morgan fingerprint density at radius 3 is 2.61 bits per heavy atom. The lowest BCUT2D eigenvalue weighted by Gasteiger charge is -2.24. The summed E-state index contributed by atoms with van der Waals surface area (Å²) in [5.41, 5.74) is 4.96. The molecule has 1 aliphatic rings. The Bertz CT molecular complexity index is 1120. The molecule has 1 aromatic heterocycles. The molecular weight excluding hydrogens is 390 g/mol. The number of hydrogen-bond donors (Lipinski definition) is 1. The molecule has 1 atom stereocenters. The van der Waals surface area contributed by atoms with E-state index in [1.165, 1.54) is 0 Å². The fourth-order valence-corrected chi connectivity index (χ4v) is 4.04. The van der Waals surface area contributed by atoms with Gasteiger partial charge in [0.15, 0.2) is 6.61 Å². The van der Waals surface area contributed by atoms with Crippen LogP contribution in [0.25, 0.3) is 10.9 Å². The van der Waals surface area contributed by atoms with Crippen LogP contribution in [0.15, 0.2) is 48.5 Å². The van der Waals surface area contributed by atoms with Gasteiger partial charge in [-0.1, -0.05) is 25.1 Å². The van der Waals surface area contributed by atoms with Crippen molar-refractivity contribution in [3.05, 3.63) is 65.4 Å². The van der Waals surface area contributed by atoms with Crippen molar-refractivity contribution in [2.24, 2.45) is 5.92 Å². The quantitative estimate of drug-likeness (QED) is 0.630. The highest BCUT2D eigenvalue weighted by atomic mass is 16.5. The first-order chi connectivity index (χ1) is 14.9. The van der Waals surface area contributed by atoms with Gasteiger partial charge < -0.3 is 15.0 Å². The molecule has 0 spiro atoms. The fourth-order valence-electron chi connectivity index (χ4n) is 4.04. The summed E-state index contributed by atoms with van der Waals surface area (Å²) < 4.78 is 5.45. The number of para-hydroxylation sites is 1. The minimum atomic E-state index is -0.470. The van der Waals surface area contributed by atoms with E-state index in [1.54, 1.807) is 0 Å². The van der Waals surface area contributed by atoms with Gasteiger partial charge in [-0.25, -0.2) is 4.79 Å². The van der Waals surface area contributed by atoms with Crippen LogP contribution in [0, 0.1) is 5.92 Å². The van der Waals surface area contributed by atoms with Gasteiger partial charge in [0.1, 0.15) is 0 Å². The highest BCUT2D eigenvalue weighted by molar-refractivity contribution is 6.06. The van der Waals surface area contributed by atoms with Crippen LogP contribution in [0.4, 0.5) is 11.4 Å². The number of aryl methyl sites for hydroxylation is 1. The van der Waals surface area contributed by atoms with Crippen molar-refractivity contribution in [1.29, 1.82) is 0 Å². The summed E-state index contributed by atoms with van der Waals surface area (Å²) in [6, 6.07) is 15.1. The van der Waals surface area contributed by atoms with Gasteiger partial charge in [-0.15, -0.1) is 0 Å². The number of nitrogens with zero attached hydrogens (tertiary/aromatic N) is 2. The summed E-state index contributed by atoms with van der Waals surface area (Å²) in [7, 11) is 3.91. The molecule has 6 heteroatoms. The lowest BCUT2D eigenvalue weighted by Crippen LogP contribution is -2.23. The number of carbonyl (C=O) groups is 2. The molecule has 160 valence electrons. The first kappa shape index (κ1) is 20.8. The van der Waals surface area contributed by atoms with Gasteiger partial charge in [-0.05, 0) is 61.1 Å². The van der Waals surface area contributed by atoms with Gasteiger partial charge in [0.25, 0.3) is 5.91 Å². The maximum absolute atomic E-state index is 13.1. The zero-order chi connectivity index (χ0) is 22.0. The molecule has 1 N–H and O–H groups in total. The summed E-state index contributed by atoms with van der Waals surface area (Å²) in [5, 5.41) is 3.55. The number of rotatable bonds is 5. The van der Waals surface area contributed by atoms with Crippen molar-refractivity contribution in [2.45, 2.75) is 26.2 Å². The Labute approximate surface area is 182 Å². The Morgan fingerprint density at radius 1 is 1.13 bits per heavy atom. The lowest BCUT2D eigenvalue weighted by molar-refractivity contribution is -0.119. The number of esters is 1. The van der Waals surface area contributed by atoms with E-state index in [9.17, 15) is 9.59 Å². The van der Waals surface area contributed by atoms with Gasteiger partial charge >= 0.3 is 5.97 Å². The molecule has 1 amide bonds. The molecule has 2 aromatic carbocycles. The fraction of sp³-hybridized carbons (Fsp3) is 0.320. The monoisotopic (exact) mass is 417 g/mol. The number of anilines is 2. The summed E-state index contributed by atoms with van der Waals surface area (Å²) >= 11 is 0. The topological polar surface area (TPSA) is 71.5 Å². The second-order valence-electron chi connectivity index (χ2n) is 8.34. The molecule has 0 saturated heterocycles. The number of carbonyl (C=O) groups excluding carboxylic acids is 2. The largest absolute Gasteiger partial charge is 0.452 e. The molecule has 0 saturated carbocycles. The zero-order valence-electron chi connectivity index (χ0n) is 18.1. The Morgan fingerprint density at radius 2 is 1.87 bits per heavy atom. The Kier molecular flexibility index (Phi) is 5.89. The van der Waals surface area contributed by atoms with Crippen molar-refractivity contribution < 1.29 is 14.3 Å². The molecule has 0 bridgehead atoms. The van der Waals surface area contributed by atoms with E-state index in [2.05, 4.69) is 12.2 Å². The number of ether oxygens (including phenoxy) is 1. The number of amides is 1. The lowest BCUT2D eigenvalue weighted by atomic mass is 9.84. The molecule has 6 nitrogen and oxygen atoms in total. The molecule has 31 heavy (non-hydrogen) atoms. The van der Waals surface area contributed by atoms with Crippen LogP contribution in [-0.2, 0) is 22.4 Å². The predicted molar refractivity (Wildman–Crippen MR) is 123 cm³/mol. The normalized spacial score (nSPS) is 15.3. The van der Waals surface area contributed by atoms with Crippen LogP contribution < -0.4 is 10.2 Å². The third-order valence-electron chi connectivity index (χ3n) is 5.71. The third kappa shape index (κ3) is 4.53. The summed E-state index contributed by atoms with van der Waals surface area (Å²) in [4.78, 5) is 32.2. The second kappa shape index (κ2) is 8.76. The molecule has 1 heterocycles. The van der Waals surface area contributed by atoms with E-state index >= 15 is 0 Å². The number of aromatic nitrogens is 1. The van der Waals surface area contributed by atoms with Crippen LogP contribution in [0.5, 0.6) is 0 Å². The maximum Gasteiger partial charge on any atom is 0.339 e. The van der Waals surface area contributed by atoms with Crippen LogP contribution in [0.2, 0.25) is 0 Å². The molecule has 3 aromatic rings. The van der Waals surface area contributed by atoms with Crippen molar-refractivity contribution >= 4 is 34.2 Å². The molecule has 1 unspecified atom stereocenters. The molecule has 4 rings (SSSR count). The first-order valence-electron chi connectivity index (χ1n) is 10.6. The molecule has 0 aliphatic heterocycles. The number of pyridine rings is 1. The molecule has 0 radical (unpaired) electrons. The van der Waals surface area contributed by atoms with Crippen LogP contribution in [-0.4, -0.2) is 37.6 Å². The standard InChI is InChI=1S/C25H27N3O3/c1-16-8-13-22-20(14-16)24(19-6-4-5-7-21(19)27-22)25(30)31-15-23(29)26-17-9-11-18(12-10-17)28(2)3/h4-7,9-12,16H,8,13-15H2,1-3H3,(H,26,29). The minimum Gasteiger partial charge on any atom is -0.452 e. The van der Waals surface area contributed by atoms with Gasteiger partial charge in [-0.3, -0.25) is 9.78 Å². The number of hydrogen-bond acceptors (Lipinski definition) is 5. The molecule has 1 aliphatic carbocycles. The summed E-state index contributed by atoms with van der Waals surface area (Å²) in [6.45, 7) is 1.84. The summed E-state index contributed by atoms with van der Waals surface area (Å²) in [5.74, 6) is -0.357. The van der Waals surface area contributed by atoms with E-state index < -0.39 is 5.97 Å². The van der Waals surface area contributed by atoms with Gasteiger partial charge in [0.05, 0.1) is 11.1 Å². The van der Waals surface area contributed by atoms with Crippen LogP contribution >= 0.6 is 0 Å². The van der Waals surface area contributed by atoms with Gasteiger partial charge in [0, 0.05) is 36.6 Å². The second-order valence-corrected chi connectivity index (χ2v) is 8.34. The van der Waals surface area contributed by atoms with Crippen LogP contribution in [0.1, 0.15) is 35.0 Å². The van der Waals surface area contributed by atoms with E-state index in [0.717, 1.165) is 47.1 Å². The van der Waals surface area contributed by atoms with Crippen molar-refractivity contribution in [2.75, 3.05) is 30.9 Å². The minimum absolute atomic E-state index is 0.338. The third-order valence-corrected chi connectivity index (χ3v) is 5.71. The number of fused-ring (bicyclic) bond motifs is 2. The van der Waals surface area contributed by atoms with E-state index in [1.807, 2.05) is 67.5 Å². The van der Waals surface area contributed by atoms with Crippen molar-refractivity contribution in [3.8, 4) is 0 Å². The highest BCUT2D eigenvalue weighted by Gasteiger charge is 2.26. The maximum atomic E-state index is 13.1. The van der Waals surface area contributed by atoms with Crippen molar-refractivity contribution in [1.82, 2.24) is 4.98 Å². The van der Waals surface area contributed by atoms with E-state index in [0.29, 0.717) is 17.2 Å². The smallest absolute Gasteiger partial charge is 0.339 e. The molecule has 0 fully saturated rings. The predicted octanol–water partition coefficient (Wildman–Crippen LogP) is 4.22. The average molecular weight is 418 g/mol. The van der Waals surface area contributed by atoms with Gasteiger partial charge in [-0.2, -0.15) is 0 Å². The summed E-state index contributed by atoms with van der Waals surface area (Å²) in [6.07, 6.45) is 2.70. The average Bonchev–Trinajstić information content (AvgIpc) is 2.76. The van der Waals surface area contributed by atoms with E-state index in [4.69, 9.17) is 9.72 Å². The van der Waals surface area contributed by atoms with Crippen LogP contribution in [0.3, 0.4) is 0 Å². The SMILES string of the molecule is CC1CCc2nc3ccccc3c(C(=O)OCC(=O)Nc3ccc(N(C)C)cc3)c2C1. The highest BCUT2D eigenvalue weighted by Crippen LogP contribution is 2.32. The molecular formula is C25H27N3O3. The van der Waals surface area contributed by atoms with E-state index in [-0.39, 0.29) is 12.5 Å². The zero-order valence-corrected chi connectivity index (χ0v) is 18.1. The van der Waals surface area contributed by atoms with Gasteiger partial charge in [0.2, 0.25) is 0 Å². The number of benzene rings is 2. The Balaban J connectivity index is 1.51.